The molecule has 10 heteroatoms. The fraction of sp³-hybridized carbons (Fsp3) is 0.143. The highest BCUT2D eigenvalue weighted by Crippen LogP contribution is 2.79. The Bertz CT molecular complexity index is 1160. The van der Waals surface area contributed by atoms with Gasteiger partial charge in [0.2, 0.25) is 11.4 Å². The van der Waals surface area contributed by atoms with Gasteiger partial charge in [-0.3, -0.25) is 18.6 Å². The normalized spacial score (nSPS) is 30.7. The van der Waals surface area contributed by atoms with E-state index in [1.165, 1.54) is 24.5 Å². The van der Waals surface area contributed by atoms with Crippen molar-refractivity contribution in [3.05, 3.63) is 84.2 Å². The van der Waals surface area contributed by atoms with Gasteiger partial charge in [-0.1, -0.05) is 42.5 Å². The van der Waals surface area contributed by atoms with Gasteiger partial charge in [0.05, 0.1) is 5.56 Å². The fourth-order valence-corrected chi connectivity index (χ4v) is 7.31. The number of aliphatic hydroxyl groups is 1. The van der Waals surface area contributed by atoms with Crippen LogP contribution >= 0.6 is 14.9 Å². The molecule has 0 spiro atoms. The quantitative estimate of drug-likeness (QED) is 0.432. The van der Waals surface area contributed by atoms with Gasteiger partial charge in [0.1, 0.15) is 5.75 Å². The summed E-state index contributed by atoms with van der Waals surface area (Å²) in [5, 5.41) is 18.7. The molecule has 1 aliphatic heterocycles. The third kappa shape index (κ3) is 4.00. The summed E-state index contributed by atoms with van der Waals surface area (Å²) in [5.74, 6) is -0.262. The molecule has 4 N–H and O–H groups in total. The van der Waals surface area contributed by atoms with Gasteiger partial charge in [0.15, 0.2) is 7.34 Å². The second-order valence-corrected chi connectivity index (χ2v) is 11.9. The predicted octanol–water partition coefficient (Wildman–Crippen LogP) is 3.85. The Kier molecular flexibility index (Phi) is 5.66. The van der Waals surface area contributed by atoms with Crippen molar-refractivity contribution >= 4 is 21.2 Å². The third-order valence-corrected chi connectivity index (χ3v) is 10.1. The van der Waals surface area contributed by atoms with Crippen molar-refractivity contribution in [1.82, 2.24) is 4.98 Å². The molecule has 1 fully saturated rings. The summed E-state index contributed by atoms with van der Waals surface area (Å²) in [6.07, 6.45) is 4.37. The second kappa shape index (κ2) is 8.01. The minimum Gasteiger partial charge on any atom is -0.507 e. The van der Waals surface area contributed by atoms with E-state index in [1.807, 2.05) is 30.3 Å². The molecule has 8 nitrogen and oxygen atoms in total. The molecule has 0 bridgehead atoms. The van der Waals surface area contributed by atoms with E-state index in [4.69, 9.17) is 9.05 Å². The van der Waals surface area contributed by atoms with Gasteiger partial charge in [-0.05, 0) is 41.2 Å². The molecule has 31 heavy (non-hydrogen) atoms. The number of benzene rings is 2. The molecular formula is C21H21NO7P2. The van der Waals surface area contributed by atoms with E-state index in [2.05, 4.69) is 11.3 Å². The van der Waals surface area contributed by atoms with Crippen molar-refractivity contribution in [3.8, 4) is 16.9 Å². The maximum atomic E-state index is 13.1. The van der Waals surface area contributed by atoms with Crippen molar-refractivity contribution in [1.29, 1.82) is 0 Å². The standard InChI is InChI=1S/C21H21NO7P2/c1-30(25)21(24,13-15-6-5-11-22-14-15)31(26,27)29-20(28-30)18-12-17(9-10-19(18)23)16-7-3-2-4-8-16/h2-12,14,20,23-25H,1,13H2,(H,26,27). The van der Waals surface area contributed by atoms with Crippen molar-refractivity contribution in [2.45, 2.75) is 17.8 Å². The van der Waals surface area contributed by atoms with Crippen LogP contribution in [0.4, 0.5) is 0 Å². The molecule has 4 unspecified atom stereocenters. The molecular weight excluding hydrogens is 440 g/mol. The summed E-state index contributed by atoms with van der Waals surface area (Å²) >= 11 is 0. The van der Waals surface area contributed by atoms with Gasteiger partial charge in [-0.2, -0.15) is 0 Å². The van der Waals surface area contributed by atoms with E-state index in [-0.39, 0.29) is 11.3 Å². The van der Waals surface area contributed by atoms with Gasteiger partial charge >= 0.3 is 7.60 Å². The zero-order chi connectivity index (χ0) is 22.3. The predicted molar refractivity (Wildman–Crippen MR) is 117 cm³/mol. The average Bonchev–Trinajstić information content (AvgIpc) is 2.73. The Labute approximate surface area is 179 Å². The molecule has 1 aromatic heterocycles. The van der Waals surface area contributed by atoms with E-state index in [0.29, 0.717) is 11.1 Å². The highest BCUT2D eigenvalue weighted by molar-refractivity contribution is 7.78. The average molecular weight is 461 g/mol. The third-order valence-electron chi connectivity index (χ3n) is 5.07. The Hall–Kier alpha value is -2.28. The molecule has 1 aliphatic rings. The lowest BCUT2D eigenvalue weighted by Gasteiger charge is -2.45. The molecule has 162 valence electrons. The van der Waals surface area contributed by atoms with E-state index in [0.717, 1.165) is 5.56 Å². The summed E-state index contributed by atoms with van der Waals surface area (Å²) in [5.41, 5.74) is 1.94. The van der Waals surface area contributed by atoms with Crippen LogP contribution in [-0.4, -0.2) is 36.4 Å². The van der Waals surface area contributed by atoms with Crippen molar-refractivity contribution in [2.24, 2.45) is 0 Å². The topological polar surface area (TPSA) is 129 Å². The number of phenolic OH excluding ortho intramolecular Hbond substituents is 1. The number of nitrogens with zero attached hydrogens (tertiary/aromatic N) is 1. The van der Waals surface area contributed by atoms with Crippen LogP contribution in [0.1, 0.15) is 17.4 Å². The monoisotopic (exact) mass is 461 g/mol. The summed E-state index contributed by atoms with van der Waals surface area (Å²) in [7, 11) is -9.04. The first kappa shape index (κ1) is 21.9. The maximum absolute atomic E-state index is 13.1. The van der Waals surface area contributed by atoms with Crippen LogP contribution in [0.3, 0.4) is 0 Å². The first-order chi connectivity index (χ1) is 14.6. The van der Waals surface area contributed by atoms with Crippen LogP contribution in [0, 0.1) is 0 Å². The highest BCUT2D eigenvalue weighted by atomic mass is 31.2. The summed E-state index contributed by atoms with van der Waals surface area (Å²) in [4.78, 5) is 25.4. The molecule has 2 heterocycles. The lowest BCUT2D eigenvalue weighted by molar-refractivity contribution is -0.0483. The Morgan fingerprint density at radius 1 is 1.03 bits per heavy atom. The van der Waals surface area contributed by atoms with Crippen molar-refractivity contribution < 1.29 is 33.6 Å². The second-order valence-electron chi connectivity index (χ2n) is 7.22. The molecule has 3 aromatic rings. The molecule has 4 atom stereocenters. The van der Waals surface area contributed by atoms with Gasteiger partial charge in [0.25, 0.3) is 0 Å². The summed E-state index contributed by atoms with van der Waals surface area (Å²) in [6, 6.07) is 17.0. The van der Waals surface area contributed by atoms with E-state index < -0.39 is 32.7 Å². The molecule has 1 saturated heterocycles. The zero-order valence-electron chi connectivity index (χ0n) is 16.3. The number of pyridine rings is 1. The van der Waals surface area contributed by atoms with Crippen molar-refractivity contribution in [3.63, 3.8) is 0 Å². The van der Waals surface area contributed by atoms with Crippen LogP contribution < -0.4 is 0 Å². The van der Waals surface area contributed by atoms with Crippen LogP contribution in [0.5, 0.6) is 5.75 Å². The SMILES string of the molecule is C=P1(O)OC(c2cc(-c3ccccc3)ccc2O)OP(=O)(O)C1(O)Cc1cccnc1. The van der Waals surface area contributed by atoms with Crippen LogP contribution in [0.25, 0.3) is 11.1 Å². The van der Waals surface area contributed by atoms with E-state index in [1.54, 1.807) is 18.2 Å². The number of aromatic nitrogens is 1. The molecule has 2 aromatic carbocycles. The lowest BCUT2D eigenvalue weighted by Crippen LogP contribution is -2.38. The lowest BCUT2D eigenvalue weighted by atomic mass is 10.0. The summed E-state index contributed by atoms with van der Waals surface area (Å²) < 4.78 is 23.9. The fourth-order valence-electron chi connectivity index (χ4n) is 3.34. The maximum Gasteiger partial charge on any atom is 0.371 e. The Balaban J connectivity index is 1.71. The van der Waals surface area contributed by atoms with Gasteiger partial charge < -0.3 is 20.0 Å². The van der Waals surface area contributed by atoms with Gasteiger partial charge in [0, 0.05) is 18.8 Å². The van der Waals surface area contributed by atoms with Crippen molar-refractivity contribution in [2.75, 3.05) is 0 Å². The van der Waals surface area contributed by atoms with Crippen LogP contribution in [0.15, 0.2) is 73.1 Å². The number of hydrogen-bond donors (Lipinski definition) is 4. The molecule has 0 radical (unpaired) electrons. The highest BCUT2D eigenvalue weighted by Gasteiger charge is 2.62. The first-order valence-electron chi connectivity index (χ1n) is 9.28. The molecule has 0 amide bonds. The number of aromatic hydroxyl groups is 1. The Morgan fingerprint density at radius 2 is 1.77 bits per heavy atom. The first-order valence-corrected chi connectivity index (χ1v) is 12.7. The van der Waals surface area contributed by atoms with Gasteiger partial charge in [-0.25, -0.2) is 0 Å². The molecule has 4 rings (SSSR count). The molecule has 0 saturated carbocycles. The summed E-state index contributed by atoms with van der Waals surface area (Å²) in [6.45, 7) is 0. The largest absolute Gasteiger partial charge is 0.507 e. The van der Waals surface area contributed by atoms with E-state index in [9.17, 15) is 24.6 Å². The smallest absolute Gasteiger partial charge is 0.371 e. The molecule has 0 aliphatic carbocycles. The van der Waals surface area contributed by atoms with Gasteiger partial charge in [-0.15, -0.1) is 0 Å². The minimum absolute atomic E-state index is 0.0288. The van der Waals surface area contributed by atoms with Crippen LogP contribution in [-0.2, 0) is 20.0 Å². The zero-order valence-corrected chi connectivity index (χ0v) is 18.1. The Morgan fingerprint density at radius 3 is 2.42 bits per heavy atom. The van der Waals surface area contributed by atoms with Crippen LogP contribution in [0.2, 0.25) is 0 Å². The minimum atomic E-state index is -4.90. The number of rotatable bonds is 4. The number of phenols is 1. The number of hydrogen-bond acceptors (Lipinski definition) is 7. The van der Waals surface area contributed by atoms with E-state index >= 15 is 0 Å².